The van der Waals surface area contributed by atoms with Crippen molar-refractivity contribution in [1.29, 1.82) is 5.26 Å². The van der Waals surface area contributed by atoms with Crippen LogP contribution in [0.25, 0.3) is 22.3 Å². The summed E-state index contributed by atoms with van der Waals surface area (Å²) in [6.07, 6.45) is 10.9. The fraction of sp³-hybridized carbons (Fsp3) is 0.444. The van der Waals surface area contributed by atoms with Crippen molar-refractivity contribution in [2.75, 3.05) is 0 Å². The van der Waals surface area contributed by atoms with Crippen molar-refractivity contribution < 1.29 is 0 Å². The smallest absolute Gasteiger partial charge is 0.141 e. The monoisotopic (exact) mass is 320 g/mol. The quantitative estimate of drug-likeness (QED) is 0.793. The second kappa shape index (κ2) is 6.08. The lowest BCUT2D eigenvalue weighted by Gasteiger charge is -2.21. The summed E-state index contributed by atoms with van der Waals surface area (Å²) in [6, 6.07) is 4.50. The maximum Gasteiger partial charge on any atom is 0.141 e. The van der Waals surface area contributed by atoms with E-state index < -0.39 is 0 Å². The lowest BCUT2D eigenvalue weighted by molar-refractivity contribution is 0.314. The maximum absolute atomic E-state index is 9.25. The molecule has 3 aromatic rings. The number of hydrogen-bond donors (Lipinski definition) is 1. The van der Waals surface area contributed by atoms with Crippen LogP contribution in [0.2, 0.25) is 0 Å². The van der Waals surface area contributed by atoms with Gasteiger partial charge in [0.05, 0.1) is 29.9 Å². The van der Waals surface area contributed by atoms with E-state index in [1.165, 1.54) is 25.7 Å². The molecule has 6 nitrogen and oxygen atoms in total. The molecule has 0 amide bonds. The van der Waals surface area contributed by atoms with Crippen molar-refractivity contribution in [2.24, 2.45) is 5.92 Å². The van der Waals surface area contributed by atoms with Crippen molar-refractivity contribution in [3.8, 4) is 17.3 Å². The van der Waals surface area contributed by atoms with Crippen molar-refractivity contribution in [2.45, 2.75) is 45.1 Å². The highest BCUT2D eigenvalue weighted by atomic mass is 15.3. The highest BCUT2D eigenvalue weighted by Gasteiger charge is 2.28. The molecule has 1 saturated carbocycles. The van der Waals surface area contributed by atoms with Gasteiger partial charge in [-0.3, -0.25) is 4.68 Å². The largest absolute Gasteiger partial charge is 0.346 e. The van der Waals surface area contributed by atoms with E-state index in [1.54, 1.807) is 6.33 Å². The van der Waals surface area contributed by atoms with Crippen LogP contribution in [0.1, 0.15) is 43.8 Å². The molecule has 0 spiro atoms. The number of aromatic nitrogens is 5. The Labute approximate surface area is 140 Å². The second-order valence-corrected chi connectivity index (χ2v) is 6.54. The molecular formula is C18H20N6. The van der Waals surface area contributed by atoms with Crippen molar-refractivity contribution in [3.63, 3.8) is 0 Å². The Morgan fingerprint density at radius 3 is 3.00 bits per heavy atom. The van der Waals surface area contributed by atoms with E-state index in [1.807, 2.05) is 23.9 Å². The zero-order chi connectivity index (χ0) is 16.5. The molecular weight excluding hydrogens is 300 g/mol. The topological polar surface area (TPSA) is 83.2 Å². The molecule has 1 aliphatic carbocycles. The summed E-state index contributed by atoms with van der Waals surface area (Å²) >= 11 is 0. The Balaban J connectivity index is 1.76. The summed E-state index contributed by atoms with van der Waals surface area (Å²) in [7, 11) is 0. The van der Waals surface area contributed by atoms with E-state index in [9.17, 15) is 5.26 Å². The van der Waals surface area contributed by atoms with Crippen LogP contribution in [0.15, 0.2) is 24.8 Å². The molecule has 0 saturated heterocycles. The third-order valence-electron chi connectivity index (χ3n) is 5.11. The highest BCUT2D eigenvalue weighted by molar-refractivity contribution is 5.90. The first-order valence-corrected chi connectivity index (χ1v) is 8.49. The number of rotatable bonds is 4. The summed E-state index contributed by atoms with van der Waals surface area (Å²) in [4.78, 5) is 11.9. The van der Waals surface area contributed by atoms with Crippen LogP contribution in [0.5, 0.6) is 0 Å². The van der Waals surface area contributed by atoms with Crippen molar-refractivity contribution in [3.05, 3.63) is 30.5 Å². The van der Waals surface area contributed by atoms with E-state index in [0.717, 1.165) is 28.0 Å². The summed E-state index contributed by atoms with van der Waals surface area (Å²) in [5.41, 5.74) is 3.68. The Kier molecular flexibility index (Phi) is 3.77. The SMILES string of the molecule is Cc1nn([C@H](CC#N)C2CCCC2)cc1-c1ncnc2[nH]ccc12. The first-order chi connectivity index (χ1) is 11.8. The maximum atomic E-state index is 9.25. The first-order valence-electron chi connectivity index (χ1n) is 8.49. The molecule has 24 heavy (non-hydrogen) atoms. The number of fused-ring (bicyclic) bond motifs is 1. The molecule has 0 aliphatic heterocycles. The third-order valence-corrected chi connectivity index (χ3v) is 5.11. The summed E-state index contributed by atoms with van der Waals surface area (Å²) in [5, 5.41) is 15.0. The van der Waals surface area contributed by atoms with Crippen LogP contribution in [0, 0.1) is 24.2 Å². The number of H-pyrrole nitrogens is 1. The van der Waals surface area contributed by atoms with E-state index in [-0.39, 0.29) is 6.04 Å². The lowest BCUT2D eigenvalue weighted by atomic mass is 9.96. The molecule has 1 aliphatic rings. The molecule has 6 heteroatoms. The zero-order valence-corrected chi connectivity index (χ0v) is 13.7. The van der Waals surface area contributed by atoms with E-state index >= 15 is 0 Å². The molecule has 0 bridgehead atoms. The summed E-state index contributed by atoms with van der Waals surface area (Å²) in [5.74, 6) is 0.550. The van der Waals surface area contributed by atoms with E-state index in [4.69, 9.17) is 5.10 Å². The molecule has 0 unspecified atom stereocenters. The zero-order valence-electron chi connectivity index (χ0n) is 13.7. The number of nitrogens with zero attached hydrogens (tertiary/aromatic N) is 5. The van der Waals surface area contributed by atoms with Crippen molar-refractivity contribution in [1.82, 2.24) is 24.7 Å². The van der Waals surface area contributed by atoms with Crippen molar-refractivity contribution >= 4 is 11.0 Å². The molecule has 3 heterocycles. The molecule has 4 rings (SSSR count). The van der Waals surface area contributed by atoms with Gasteiger partial charge in [0.25, 0.3) is 0 Å². The molecule has 1 fully saturated rings. The molecule has 0 radical (unpaired) electrons. The number of nitriles is 1. The predicted molar refractivity (Wildman–Crippen MR) is 91.1 cm³/mol. The van der Waals surface area contributed by atoms with E-state index in [0.29, 0.717) is 12.3 Å². The van der Waals surface area contributed by atoms with Gasteiger partial charge in [-0.15, -0.1) is 0 Å². The minimum Gasteiger partial charge on any atom is -0.346 e. The number of nitrogens with one attached hydrogen (secondary N) is 1. The highest BCUT2D eigenvalue weighted by Crippen LogP contribution is 2.37. The number of aromatic amines is 1. The Morgan fingerprint density at radius 2 is 2.21 bits per heavy atom. The van der Waals surface area contributed by atoms with E-state index in [2.05, 4.69) is 27.2 Å². The van der Waals surface area contributed by atoms with Gasteiger partial charge in [0.15, 0.2) is 0 Å². The van der Waals surface area contributed by atoms with Gasteiger partial charge in [-0.2, -0.15) is 10.4 Å². The van der Waals surface area contributed by atoms with Crippen LogP contribution in [-0.2, 0) is 0 Å². The molecule has 1 N–H and O–H groups in total. The first kappa shape index (κ1) is 14.9. The Bertz CT molecular complexity index is 894. The standard InChI is InChI=1S/C18H20N6/c1-12-15(17-14-7-9-20-18(14)22-11-21-17)10-24(23-12)16(6-8-19)13-4-2-3-5-13/h7,9-11,13,16H,2-6H2,1H3,(H,20,21,22)/t16-/m1/s1. The minimum absolute atomic E-state index is 0.161. The Morgan fingerprint density at radius 1 is 1.38 bits per heavy atom. The average Bonchev–Trinajstić information content (AvgIpc) is 3.32. The van der Waals surface area contributed by atoms with Crippen LogP contribution < -0.4 is 0 Å². The lowest BCUT2D eigenvalue weighted by Crippen LogP contribution is -2.17. The van der Waals surface area contributed by atoms with Gasteiger partial charge in [0.2, 0.25) is 0 Å². The Hall–Kier alpha value is -2.68. The molecule has 0 aromatic carbocycles. The molecule has 3 aromatic heterocycles. The summed E-state index contributed by atoms with van der Waals surface area (Å²) in [6.45, 7) is 2.00. The fourth-order valence-electron chi connectivity index (χ4n) is 3.88. The fourth-order valence-corrected chi connectivity index (χ4v) is 3.88. The predicted octanol–water partition coefficient (Wildman–Crippen LogP) is 3.77. The van der Waals surface area contributed by atoms with Crippen LogP contribution in [-0.4, -0.2) is 24.7 Å². The average molecular weight is 320 g/mol. The number of hydrogen-bond acceptors (Lipinski definition) is 4. The molecule has 122 valence electrons. The van der Waals surface area contributed by atoms with Crippen LogP contribution in [0.4, 0.5) is 0 Å². The number of aryl methyl sites for hydroxylation is 1. The van der Waals surface area contributed by atoms with Gasteiger partial charge in [-0.25, -0.2) is 9.97 Å². The van der Waals surface area contributed by atoms with Gasteiger partial charge in [-0.1, -0.05) is 12.8 Å². The minimum atomic E-state index is 0.161. The van der Waals surface area contributed by atoms with Gasteiger partial charge >= 0.3 is 0 Å². The van der Waals surface area contributed by atoms with Gasteiger partial charge in [0.1, 0.15) is 12.0 Å². The molecule has 1 atom stereocenters. The summed E-state index contributed by atoms with van der Waals surface area (Å²) < 4.78 is 2.00. The van der Waals surface area contributed by atoms with Crippen LogP contribution >= 0.6 is 0 Å². The van der Waals surface area contributed by atoms with Gasteiger partial charge in [-0.05, 0) is 31.7 Å². The third kappa shape index (κ3) is 2.46. The van der Waals surface area contributed by atoms with Gasteiger partial charge in [0, 0.05) is 23.3 Å². The van der Waals surface area contributed by atoms with Crippen LogP contribution in [0.3, 0.4) is 0 Å². The van der Waals surface area contributed by atoms with Gasteiger partial charge < -0.3 is 4.98 Å². The normalized spacial score (nSPS) is 16.5. The second-order valence-electron chi connectivity index (χ2n) is 6.54.